The van der Waals surface area contributed by atoms with E-state index in [4.69, 9.17) is 3.44 Å². The van der Waals surface area contributed by atoms with Crippen molar-refractivity contribution in [3.8, 4) is 0 Å². The molecule has 0 amide bonds. The molecule has 0 unspecified atom stereocenters. The van der Waals surface area contributed by atoms with Crippen molar-refractivity contribution in [1.82, 2.24) is 15.0 Å². The zero-order chi connectivity index (χ0) is 8.85. The van der Waals surface area contributed by atoms with Crippen LogP contribution in [0.3, 0.4) is 0 Å². The van der Waals surface area contributed by atoms with E-state index >= 15 is 0 Å². The van der Waals surface area contributed by atoms with Crippen LogP contribution in [-0.2, 0) is 0 Å². The molecule has 7 nitrogen and oxygen atoms in total. The fourth-order valence-corrected chi connectivity index (χ4v) is 0.403. The summed E-state index contributed by atoms with van der Waals surface area (Å²) in [5.41, 5.74) is -2.41. The van der Waals surface area contributed by atoms with E-state index in [9.17, 15) is 14.4 Å². The van der Waals surface area contributed by atoms with E-state index in [1.807, 2.05) is 0 Å². The van der Waals surface area contributed by atoms with Gasteiger partial charge in [-0.2, -0.15) is 0 Å². The van der Waals surface area contributed by atoms with Gasteiger partial charge in [0.1, 0.15) is 0 Å². The summed E-state index contributed by atoms with van der Waals surface area (Å²) in [5.74, 6) is 0. The fraction of sp³-hybridized carbons (Fsp3) is 0. The molecule has 1 aromatic heterocycles. The van der Waals surface area contributed by atoms with Gasteiger partial charge in [-0.1, -0.05) is 0 Å². The van der Waals surface area contributed by atoms with Crippen LogP contribution in [0.15, 0.2) is 14.4 Å². The first kappa shape index (κ1) is 14.5. The third kappa shape index (κ3) is 5.57. The Morgan fingerprint density at radius 2 is 1.00 bits per heavy atom. The molecule has 0 radical (unpaired) electrons. The first-order valence-electron chi connectivity index (χ1n) is 2.56. The second-order valence-electron chi connectivity index (χ2n) is 1.36. The van der Waals surface area contributed by atoms with E-state index in [0.29, 0.717) is 0 Å². The van der Waals surface area contributed by atoms with Gasteiger partial charge >= 0.3 is 66.5 Å². The number of nitrogens with one attached hydrogen (secondary N) is 3. The monoisotopic (exact) mass is 295 g/mol. The van der Waals surface area contributed by atoms with E-state index < -0.39 is 17.1 Å². The van der Waals surface area contributed by atoms with Gasteiger partial charge in [0.15, 0.2) is 0 Å². The van der Waals surface area contributed by atoms with E-state index in [0.717, 1.165) is 0 Å². The minimum atomic E-state index is -0.802. The summed E-state index contributed by atoms with van der Waals surface area (Å²) in [5, 5.41) is 0. The standard InChI is InChI=1S/C3H3N3O3.Mg.H2O.Sn.5H/c7-1-4-2(8)6-3(9)5-1;;;;;;;;/h(H3,4,5,6,7,8,9);;1H2;;;;;;/q;;;+1;;;;;/p-1. The van der Waals surface area contributed by atoms with Gasteiger partial charge in [-0.05, 0) is 0 Å². The molecule has 12 heavy (non-hydrogen) atoms. The summed E-state index contributed by atoms with van der Waals surface area (Å²) in [7, 11) is 0. The fourth-order valence-electron chi connectivity index (χ4n) is 0.403. The van der Waals surface area contributed by atoms with Gasteiger partial charge in [0.25, 0.3) is 0 Å². The summed E-state index contributed by atoms with van der Waals surface area (Å²) in [6.45, 7) is 0. The van der Waals surface area contributed by atoms with Crippen molar-refractivity contribution in [2.45, 2.75) is 0 Å². The predicted molar refractivity (Wildman–Crippen MR) is 49.0 cm³/mol. The topological polar surface area (TPSA) is 119 Å². The van der Waals surface area contributed by atoms with Gasteiger partial charge < -0.3 is 0 Å². The molecule has 4 N–H and O–H groups in total. The van der Waals surface area contributed by atoms with Crippen LogP contribution in [0.4, 0.5) is 0 Å². The SMILES string of the molecule is O=c1[nH]c(=O)[nH]c(=O)[nH]1.[MgH2].[OH][SnH3]. The Morgan fingerprint density at radius 3 is 1.17 bits per heavy atom. The van der Waals surface area contributed by atoms with E-state index in [-0.39, 0.29) is 46.0 Å². The van der Waals surface area contributed by atoms with Crippen molar-refractivity contribution >= 4 is 46.0 Å². The Kier molecular flexibility index (Phi) is 9.13. The van der Waals surface area contributed by atoms with Crippen molar-refractivity contribution in [2.24, 2.45) is 0 Å². The van der Waals surface area contributed by atoms with Crippen LogP contribution in [0.5, 0.6) is 0 Å². The Labute approximate surface area is 95.4 Å². The van der Waals surface area contributed by atoms with Crippen molar-refractivity contribution in [1.29, 1.82) is 0 Å². The number of aromatic amines is 3. The molecular formula is C3H9MgN3O4Sn. The molecule has 0 saturated carbocycles. The number of aromatic nitrogens is 3. The Balaban J connectivity index is 0. The van der Waals surface area contributed by atoms with Crippen LogP contribution in [0, 0.1) is 0 Å². The Bertz CT molecular complexity index is 288. The molecule has 0 aromatic carbocycles. The van der Waals surface area contributed by atoms with Crippen LogP contribution in [0.1, 0.15) is 0 Å². The van der Waals surface area contributed by atoms with E-state index in [1.54, 1.807) is 15.0 Å². The van der Waals surface area contributed by atoms with E-state index in [2.05, 4.69) is 0 Å². The van der Waals surface area contributed by atoms with Crippen LogP contribution >= 0.6 is 0 Å². The third-order valence-corrected chi connectivity index (χ3v) is 0.681. The molecule has 0 aliphatic carbocycles. The van der Waals surface area contributed by atoms with Crippen LogP contribution < -0.4 is 17.1 Å². The summed E-state index contributed by atoms with van der Waals surface area (Å²) in [6, 6.07) is 0. The first-order valence-corrected chi connectivity index (χ1v) is 5.11. The molecule has 9 heteroatoms. The quantitative estimate of drug-likeness (QED) is 0.359. The molecule has 0 fully saturated rings. The zero-order valence-electron chi connectivity index (χ0n) is 5.67. The Hall–Kier alpha value is -0.0651. The zero-order valence-corrected chi connectivity index (χ0v) is 11.4. The summed E-state index contributed by atoms with van der Waals surface area (Å²) in [4.78, 5) is 35.9. The molecule has 1 aromatic rings. The van der Waals surface area contributed by atoms with Crippen molar-refractivity contribution in [3.63, 3.8) is 0 Å². The predicted octanol–water partition coefficient (Wildman–Crippen LogP) is -4.91. The van der Waals surface area contributed by atoms with Gasteiger partial charge in [-0.3, -0.25) is 15.0 Å². The van der Waals surface area contributed by atoms with Crippen LogP contribution in [0.25, 0.3) is 0 Å². The normalized spacial score (nSPS) is 7.75. The molecule has 0 aliphatic heterocycles. The molecule has 0 atom stereocenters. The molecule has 0 saturated heterocycles. The molecule has 0 bridgehead atoms. The molecule has 0 spiro atoms. The second-order valence-corrected chi connectivity index (χ2v) is 1.36. The number of H-pyrrole nitrogens is 3. The molecule has 66 valence electrons. The average Bonchev–Trinajstić information content (AvgIpc) is 1.88. The van der Waals surface area contributed by atoms with Crippen molar-refractivity contribution in [2.75, 3.05) is 0 Å². The molecule has 1 rings (SSSR count). The third-order valence-electron chi connectivity index (χ3n) is 0.681. The van der Waals surface area contributed by atoms with E-state index in [1.165, 1.54) is 0 Å². The van der Waals surface area contributed by atoms with Gasteiger partial charge in [-0.15, -0.1) is 0 Å². The van der Waals surface area contributed by atoms with Crippen molar-refractivity contribution in [3.05, 3.63) is 31.5 Å². The number of hydrogen-bond donors (Lipinski definition) is 4. The maximum absolute atomic E-state index is 10.2. The summed E-state index contributed by atoms with van der Waals surface area (Å²) >= 11 is -0.0500. The number of hydrogen-bond acceptors (Lipinski definition) is 4. The van der Waals surface area contributed by atoms with Gasteiger partial charge in [0.05, 0.1) is 0 Å². The second kappa shape index (κ2) is 7.58. The van der Waals surface area contributed by atoms with Crippen LogP contribution in [-0.4, -0.2) is 64.4 Å². The van der Waals surface area contributed by atoms with Gasteiger partial charge in [-0.25, -0.2) is 14.4 Å². The Morgan fingerprint density at radius 1 is 0.833 bits per heavy atom. The van der Waals surface area contributed by atoms with Gasteiger partial charge in [0.2, 0.25) is 0 Å². The summed E-state index contributed by atoms with van der Waals surface area (Å²) < 4.78 is 7.21. The van der Waals surface area contributed by atoms with Gasteiger partial charge in [0, 0.05) is 0 Å². The van der Waals surface area contributed by atoms with Crippen LogP contribution in [0.2, 0.25) is 0 Å². The summed E-state index contributed by atoms with van der Waals surface area (Å²) in [6.07, 6.45) is 0. The maximum atomic E-state index is 10.2. The van der Waals surface area contributed by atoms with Crippen molar-refractivity contribution < 1.29 is 3.44 Å². The molecule has 1 heterocycles. The molecule has 0 aliphatic rings. The minimum absolute atomic E-state index is 0. The average molecular weight is 294 g/mol. The number of rotatable bonds is 0. The first-order chi connectivity index (χ1) is 5.18. The molecular weight excluding hydrogens is 285 g/mol.